The minimum absolute atomic E-state index is 0.497. The molecule has 22 heavy (non-hydrogen) atoms. The molecule has 1 aromatic carbocycles. The van der Waals surface area contributed by atoms with Crippen LogP contribution in [0.25, 0.3) is 33.5 Å². The van der Waals surface area contributed by atoms with Gasteiger partial charge < -0.3 is 14.5 Å². The molecule has 0 spiro atoms. The van der Waals surface area contributed by atoms with Gasteiger partial charge in [-0.1, -0.05) is 42.5 Å². The van der Waals surface area contributed by atoms with E-state index in [4.69, 9.17) is 29.4 Å². The van der Waals surface area contributed by atoms with Crippen LogP contribution in [0.5, 0.6) is 0 Å². The molecular weight excluding hydrogens is 314 g/mol. The Morgan fingerprint density at radius 1 is 1.09 bits per heavy atom. The number of hydrogen-bond acceptors (Lipinski definition) is 4. The number of rotatable bonds is 1. The average Bonchev–Trinajstić information content (AvgIpc) is 2.81. The highest BCUT2D eigenvalue weighted by atomic mass is 32.1. The fourth-order valence-electron chi connectivity index (χ4n) is 2.63. The molecule has 3 heterocycles. The maximum atomic E-state index is 5.38. The molecule has 0 amide bonds. The minimum atomic E-state index is 0.497. The van der Waals surface area contributed by atoms with Gasteiger partial charge in [0.2, 0.25) is 0 Å². The number of fused-ring (bicyclic) bond motifs is 3. The maximum Gasteiger partial charge on any atom is 0.176 e. The van der Waals surface area contributed by atoms with Crippen molar-refractivity contribution in [1.82, 2.24) is 24.5 Å². The van der Waals surface area contributed by atoms with Crippen LogP contribution in [-0.4, -0.2) is 24.5 Å². The zero-order valence-electron chi connectivity index (χ0n) is 11.6. The van der Waals surface area contributed by atoms with Crippen LogP contribution in [0, 0.1) is 9.41 Å². The van der Waals surface area contributed by atoms with E-state index in [9.17, 15) is 0 Å². The number of aromatic amines is 2. The lowest BCUT2D eigenvalue weighted by molar-refractivity contribution is 0.972. The van der Waals surface area contributed by atoms with E-state index in [0.29, 0.717) is 15.2 Å². The number of hydrogen-bond donors (Lipinski definition) is 2. The quantitative estimate of drug-likeness (QED) is 0.521. The van der Waals surface area contributed by atoms with Gasteiger partial charge in [-0.25, -0.2) is 9.97 Å². The second-order valence-electron chi connectivity index (χ2n) is 4.99. The Morgan fingerprint density at radius 2 is 1.86 bits per heavy atom. The van der Waals surface area contributed by atoms with E-state index in [1.165, 1.54) is 0 Å². The normalized spacial score (nSPS) is 11.3. The van der Waals surface area contributed by atoms with Crippen molar-refractivity contribution in [2.45, 2.75) is 0 Å². The third-order valence-electron chi connectivity index (χ3n) is 3.64. The summed E-state index contributed by atoms with van der Waals surface area (Å²) in [7, 11) is 1.94. The maximum absolute atomic E-state index is 5.38. The van der Waals surface area contributed by atoms with Gasteiger partial charge in [0.15, 0.2) is 10.6 Å². The molecule has 2 N–H and O–H groups in total. The van der Waals surface area contributed by atoms with Crippen LogP contribution in [0.2, 0.25) is 0 Å². The summed E-state index contributed by atoms with van der Waals surface area (Å²) < 4.78 is 3.06. The molecule has 0 saturated heterocycles. The number of benzene rings is 1. The number of nitrogens with zero attached hydrogens (tertiary/aromatic N) is 3. The van der Waals surface area contributed by atoms with Crippen LogP contribution < -0.4 is 0 Å². The number of H-pyrrole nitrogens is 2. The van der Waals surface area contributed by atoms with E-state index >= 15 is 0 Å². The smallest absolute Gasteiger partial charge is 0.176 e. The third kappa shape index (κ3) is 1.90. The molecule has 0 fully saturated rings. The molecule has 0 radical (unpaired) electrons. The van der Waals surface area contributed by atoms with E-state index in [-0.39, 0.29) is 0 Å². The molecule has 0 saturated carbocycles. The van der Waals surface area contributed by atoms with Gasteiger partial charge in [-0.3, -0.25) is 0 Å². The summed E-state index contributed by atoms with van der Waals surface area (Å²) in [6.07, 6.45) is 1.81. The van der Waals surface area contributed by atoms with Crippen molar-refractivity contribution in [3.8, 4) is 11.4 Å². The summed E-state index contributed by atoms with van der Waals surface area (Å²) in [5.41, 5.74) is 3.54. The number of nitrogens with one attached hydrogen (secondary N) is 2. The molecular formula is C15H11N5S2. The Kier molecular flexibility index (Phi) is 2.91. The Bertz CT molecular complexity index is 1120. The van der Waals surface area contributed by atoms with Gasteiger partial charge in [0.1, 0.15) is 15.8 Å². The van der Waals surface area contributed by atoms with Crippen molar-refractivity contribution in [3.05, 3.63) is 45.9 Å². The van der Waals surface area contributed by atoms with Gasteiger partial charge in [0.05, 0.1) is 10.9 Å². The largest absolute Gasteiger partial charge is 0.330 e. The van der Waals surface area contributed by atoms with E-state index in [1.807, 2.05) is 48.1 Å². The highest BCUT2D eigenvalue weighted by Gasteiger charge is 2.13. The van der Waals surface area contributed by atoms with Gasteiger partial charge in [-0.2, -0.15) is 0 Å². The highest BCUT2D eigenvalue weighted by molar-refractivity contribution is 7.72. The zero-order valence-corrected chi connectivity index (χ0v) is 13.3. The summed E-state index contributed by atoms with van der Waals surface area (Å²) in [5, 5.41) is 0.906. The molecule has 3 aromatic heterocycles. The van der Waals surface area contributed by atoms with Crippen LogP contribution >= 0.6 is 24.4 Å². The van der Waals surface area contributed by atoms with Crippen LogP contribution in [0.15, 0.2) is 36.5 Å². The monoisotopic (exact) mass is 325 g/mol. The average molecular weight is 325 g/mol. The van der Waals surface area contributed by atoms with Crippen LogP contribution in [0.3, 0.4) is 0 Å². The van der Waals surface area contributed by atoms with E-state index in [2.05, 4.69) is 15.0 Å². The second kappa shape index (κ2) is 4.82. The van der Waals surface area contributed by atoms with E-state index in [1.54, 1.807) is 0 Å². The number of aryl methyl sites for hydroxylation is 1. The van der Waals surface area contributed by atoms with Crippen molar-refractivity contribution in [3.63, 3.8) is 0 Å². The van der Waals surface area contributed by atoms with Crippen LogP contribution in [0.4, 0.5) is 0 Å². The lowest BCUT2D eigenvalue weighted by atomic mass is 10.2. The molecule has 5 nitrogen and oxygen atoms in total. The lowest BCUT2D eigenvalue weighted by Crippen LogP contribution is -1.94. The van der Waals surface area contributed by atoms with Crippen LogP contribution in [-0.2, 0) is 7.05 Å². The van der Waals surface area contributed by atoms with Gasteiger partial charge >= 0.3 is 0 Å². The van der Waals surface area contributed by atoms with Gasteiger partial charge in [-0.05, 0) is 12.2 Å². The first-order valence-electron chi connectivity index (χ1n) is 6.68. The molecule has 0 atom stereocenters. The third-order valence-corrected chi connectivity index (χ3v) is 4.14. The summed E-state index contributed by atoms with van der Waals surface area (Å²) in [4.78, 5) is 15.3. The highest BCUT2D eigenvalue weighted by Crippen LogP contribution is 2.26. The van der Waals surface area contributed by atoms with Crippen molar-refractivity contribution in [2.24, 2.45) is 7.05 Å². The first kappa shape index (κ1) is 13.3. The minimum Gasteiger partial charge on any atom is -0.330 e. The van der Waals surface area contributed by atoms with Crippen LogP contribution in [0.1, 0.15) is 0 Å². The molecule has 7 heteroatoms. The topological polar surface area (TPSA) is 62.3 Å². The van der Waals surface area contributed by atoms with E-state index in [0.717, 1.165) is 27.6 Å². The zero-order chi connectivity index (χ0) is 15.3. The van der Waals surface area contributed by atoms with E-state index < -0.39 is 0 Å². The predicted molar refractivity (Wildman–Crippen MR) is 91.8 cm³/mol. The van der Waals surface area contributed by atoms with Gasteiger partial charge in [0.25, 0.3) is 0 Å². The predicted octanol–water partition coefficient (Wildman–Crippen LogP) is 3.90. The first-order valence-corrected chi connectivity index (χ1v) is 7.50. The van der Waals surface area contributed by atoms with Gasteiger partial charge in [-0.15, -0.1) is 0 Å². The summed E-state index contributed by atoms with van der Waals surface area (Å²) in [6, 6.07) is 9.89. The Labute approximate surface area is 135 Å². The molecule has 0 aliphatic carbocycles. The summed E-state index contributed by atoms with van der Waals surface area (Å²) in [6.45, 7) is 0. The summed E-state index contributed by atoms with van der Waals surface area (Å²) >= 11 is 10.6. The SMILES string of the molecule is Cn1c2nc(-c3ccccc3)ncc2c2[nH]c(=S)[nH]c(=S)c21. The number of aromatic nitrogens is 5. The standard InChI is InChI=1S/C15H11N5S2/c1-20-11-10(17-15(22)19-14(11)21)9-7-16-12(18-13(9)20)8-5-3-2-4-6-8/h2-7H,1H3,(H2,17,19,21,22). The molecule has 0 unspecified atom stereocenters. The Balaban J connectivity index is 2.12. The van der Waals surface area contributed by atoms with Gasteiger partial charge in [0, 0.05) is 18.8 Å². The first-order chi connectivity index (χ1) is 10.6. The molecule has 108 valence electrons. The second-order valence-corrected chi connectivity index (χ2v) is 5.80. The Morgan fingerprint density at radius 3 is 2.64 bits per heavy atom. The van der Waals surface area contributed by atoms with Crippen molar-refractivity contribution < 1.29 is 0 Å². The molecule has 4 rings (SSSR count). The lowest BCUT2D eigenvalue weighted by Gasteiger charge is -2.01. The molecule has 4 aromatic rings. The fourth-order valence-corrected chi connectivity index (χ4v) is 3.24. The van der Waals surface area contributed by atoms with Crippen molar-refractivity contribution in [2.75, 3.05) is 0 Å². The van der Waals surface area contributed by atoms with Crippen molar-refractivity contribution in [1.29, 1.82) is 0 Å². The van der Waals surface area contributed by atoms with Crippen molar-refractivity contribution >= 4 is 46.5 Å². The molecule has 0 aliphatic rings. The Hall–Kier alpha value is -2.38. The molecule has 0 aliphatic heterocycles. The molecule has 0 bridgehead atoms. The summed E-state index contributed by atoms with van der Waals surface area (Å²) in [5.74, 6) is 0.688. The fraction of sp³-hybridized carbons (Fsp3) is 0.0667.